The topological polar surface area (TPSA) is 145 Å². The van der Waals surface area contributed by atoms with Gasteiger partial charge in [-0.3, -0.25) is 0 Å². The average Bonchev–Trinajstić information content (AvgIpc) is 2.84. The van der Waals surface area contributed by atoms with Crippen molar-refractivity contribution in [1.29, 1.82) is 0 Å². The summed E-state index contributed by atoms with van der Waals surface area (Å²) in [5, 5.41) is 8.19. The molecule has 8 nitrogen and oxygen atoms in total. The van der Waals surface area contributed by atoms with Gasteiger partial charge in [0, 0.05) is 11.4 Å². The highest BCUT2D eigenvalue weighted by Gasteiger charge is 2.18. The van der Waals surface area contributed by atoms with Gasteiger partial charge in [0.25, 0.3) is 0 Å². The first kappa shape index (κ1) is 23.1. The van der Waals surface area contributed by atoms with Gasteiger partial charge in [0.05, 0.1) is 31.0 Å². The number of anilines is 2. The number of nitrogens with zero attached hydrogens (tertiary/aromatic N) is 2. The number of nitrogens with two attached hydrogens (primary N) is 2. The van der Waals surface area contributed by atoms with E-state index in [2.05, 4.69) is 10.2 Å². The maximum atomic E-state index is 12.7. The molecule has 0 bridgehead atoms. The summed E-state index contributed by atoms with van der Waals surface area (Å²) in [5.74, 6) is 0. The lowest BCUT2D eigenvalue weighted by molar-refractivity contribution is 0.594. The molecule has 0 radical (unpaired) electrons. The van der Waals surface area contributed by atoms with Gasteiger partial charge < -0.3 is 11.5 Å². The van der Waals surface area contributed by atoms with Crippen LogP contribution in [-0.4, -0.2) is 16.8 Å². The van der Waals surface area contributed by atoms with Crippen molar-refractivity contribution < 1.29 is 16.8 Å². The largest absolute Gasteiger partial charge is 0.399 e. The number of benzene rings is 4. The lowest BCUT2D eigenvalue weighted by atomic mass is 10.3. The van der Waals surface area contributed by atoms with Crippen LogP contribution in [0, 0.1) is 0 Å². The Kier molecular flexibility index (Phi) is 6.18. The maximum absolute atomic E-state index is 12.7. The fourth-order valence-electron chi connectivity index (χ4n) is 3.07. The van der Waals surface area contributed by atoms with E-state index in [-0.39, 0.29) is 19.6 Å². The Morgan fingerprint density at radius 3 is 0.912 bits per heavy atom. The third-order valence-corrected chi connectivity index (χ3v) is 8.53. The Hall–Kier alpha value is -4.02. The van der Waals surface area contributed by atoms with E-state index in [0.717, 1.165) is 0 Å². The lowest BCUT2D eigenvalue weighted by Gasteiger charge is -2.05. The second kappa shape index (κ2) is 9.08. The smallest absolute Gasteiger partial charge is 0.206 e. The van der Waals surface area contributed by atoms with Gasteiger partial charge in [-0.05, 0) is 97.1 Å². The van der Waals surface area contributed by atoms with Crippen molar-refractivity contribution in [3.63, 3.8) is 0 Å². The van der Waals surface area contributed by atoms with Crippen LogP contribution < -0.4 is 11.5 Å². The zero-order chi connectivity index (χ0) is 24.3. The highest BCUT2D eigenvalue weighted by atomic mass is 32.2. The maximum Gasteiger partial charge on any atom is 0.206 e. The Balaban J connectivity index is 1.50. The fraction of sp³-hybridized carbons (Fsp3) is 0. The molecule has 0 saturated heterocycles. The molecule has 0 unspecified atom stereocenters. The van der Waals surface area contributed by atoms with Crippen molar-refractivity contribution in [1.82, 2.24) is 0 Å². The SMILES string of the molecule is Nc1ccc(S(=O)(=O)c2ccc(N=Nc3ccc(S(=O)(=O)c4ccc(N)cc4)cc3)cc2)cc1. The summed E-state index contributed by atoms with van der Waals surface area (Å²) in [5.41, 5.74) is 13.1. The molecule has 0 aliphatic heterocycles. The molecule has 0 heterocycles. The van der Waals surface area contributed by atoms with Crippen LogP contribution >= 0.6 is 0 Å². The molecule has 172 valence electrons. The number of rotatable bonds is 6. The minimum Gasteiger partial charge on any atom is -0.399 e. The van der Waals surface area contributed by atoms with Gasteiger partial charge in [-0.2, -0.15) is 10.2 Å². The van der Waals surface area contributed by atoms with Gasteiger partial charge >= 0.3 is 0 Å². The van der Waals surface area contributed by atoms with E-state index in [1.165, 1.54) is 97.1 Å². The van der Waals surface area contributed by atoms with Gasteiger partial charge in [-0.25, -0.2) is 16.8 Å². The second-order valence-corrected chi connectivity index (χ2v) is 11.2. The van der Waals surface area contributed by atoms with Crippen LogP contribution in [0.1, 0.15) is 0 Å². The van der Waals surface area contributed by atoms with E-state index >= 15 is 0 Å². The molecule has 0 aliphatic rings. The second-order valence-electron chi connectivity index (χ2n) is 7.33. The van der Waals surface area contributed by atoms with E-state index in [4.69, 9.17) is 11.5 Å². The third-order valence-electron chi connectivity index (χ3n) is 4.96. The summed E-state index contributed by atoms with van der Waals surface area (Å²) >= 11 is 0. The Morgan fingerprint density at radius 2 is 0.647 bits per heavy atom. The van der Waals surface area contributed by atoms with Gasteiger partial charge in [0.1, 0.15) is 0 Å². The molecular weight excluding hydrogens is 472 g/mol. The van der Waals surface area contributed by atoms with Crippen molar-refractivity contribution in [3.05, 3.63) is 97.1 Å². The van der Waals surface area contributed by atoms with Crippen molar-refractivity contribution in [2.24, 2.45) is 10.2 Å². The first-order valence-corrected chi connectivity index (χ1v) is 13.0. The van der Waals surface area contributed by atoms with Gasteiger partial charge in [-0.1, -0.05) is 0 Å². The highest BCUT2D eigenvalue weighted by molar-refractivity contribution is 7.91. The summed E-state index contributed by atoms with van der Waals surface area (Å²) < 4.78 is 50.9. The molecule has 4 rings (SSSR count). The lowest BCUT2D eigenvalue weighted by Crippen LogP contribution is -2.01. The van der Waals surface area contributed by atoms with Crippen LogP contribution in [0.5, 0.6) is 0 Å². The number of azo groups is 1. The Morgan fingerprint density at radius 1 is 0.412 bits per heavy atom. The highest BCUT2D eigenvalue weighted by Crippen LogP contribution is 2.27. The Labute approximate surface area is 197 Å². The molecule has 0 spiro atoms. The van der Waals surface area contributed by atoms with Crippen molar-refractivity contribution in [3.8, 4) is 0 Å². The molecule has 0 atom stereocenters. The molecule has 4 N–H and O–H groups in total. The van der Waals surface area contributed by atoms with Crippen molar-refractivity contribution in [2.45, 2.75) is 19.6 Å². The predicted molar refractivity (Wildman–Crippen MR) is 130 cm³/mol. The zero-order valence-corrected chi connectivity index (χ0v) is 19.4. The third kappa shape index (κ3) is 4.82. The number of nitrogen functional groups attached to an aromatic ring is 2. The summed E-state index contributed by atoms with van der Waals surface area (Å²) in [6.07, 6.45) is 0. The van der Waals surface area contributed by atoms with Gasteiger partial charge in [-0.15, -0.1) is 0 Å². The molecule has 4 aromatic carbocycles. The first-order valence-electron chi connectivity index (χ1n) is 9.99. The molecule has 0 aromatic heterocycles. The number of hydrogen-bond donors (Lipinski definition) is 2. The van der Waals surface area contributed by atoms with E-state index in [0.29, 0.717) is 22.7 Å². The van der Waals surface area contributed by atoms with Crippen LogP contribution in [0.25, 0.3) is 0 Å². The number of hydrogen-bond acceptors (Lipinski definition) is 8. The molecule has 4 aromatic rings. The minimum absolute atomic E-state index is 0.119. The minimum atomic E-state index is -3.68. The van der Waals surface area contributed by atoms with Gasteiger partial charge in [0.15, 0.2) is 0 Å². The fourth-order valence-corrected chi connectivity index (χ4v) is 5.59. The molecule has 10 heteroatoms. The van der Waals surface area contributed by atoms with Crippen LogP contribution in [0.3, 0.4) is 0 Å². The van der Waals surface area contributed by atoms with E-state index < -0.39 is 19.7 Å². The first-order chi connectivity index (χ1) is 16.2. The molecule has 34 heavy (non-hydrogen) atoms. The van der Waals surface area contributed by atoms with Crippen molar-refractivity contribution in [2.75, 3.05) is 11.5 Å². The summed E-state index contributed by atoms with van der Waals surface area (Å²) in [4.78, 5) is 0.525. The van der Waals surface area contributed by atoms with E-state index in [1.54, 1.807) is 0 Å². The Bertz CT molecular complexity index is 1430. The summed E-state index contributed by atoms with van der Waals surface area (Å²) in [6.45, 7) is 0. The predicted octanol–water partition coefficient (Wildman–Crippen LogP) is 4.93. The molecule has 0 aliphatic carbocycles. The van der Waals surface area contributed by atoms with Crippen LogP contribution in [-0.2, 0) is 19.7 Å². The molecule has 0 saturated carbocycles. The van der Waals surface area contributed by atoms with E-state index in [9.17, 15) is 16.8 Å². The van der Waals surface area contributed by atoms with E-state index in [1.807, 2.05) is 0 Å². The average molecular weight is 493 g/mol. The van der Waals surface area contributed by atoms with Crippen LogP contribution in [0.15, 0.2) is 127 Å². The quantitative estimate of drug-likeness (QED) is 0.288. The van der Waals surface area contributed by atoms with Crippen LogP contribution in [0.4, 0.5) is 22.7 Å². The standard InChI is InChI=1S/C24H20N4O4S2/c25-17-1-9-21(10-2-17)33(29,30)23-13-5-19(6-14-23)27-28-20-7-15-24(16-8-20)34(31,32)22-11-3-18(26)4-12-22/h1-16H,25-26H2. The van der Waals surface area contributed by atoms with Crippen molar-refractivity contribution >= 4 is 42.4 Å². The molecule has 0 fully saturated rings. The molecule has 0 amide bonds. The summed E-state index contributed by atoms with van der Waals surface area (Å²) in [6, 6.07) is 23.9. The number of sulfone groups is 2. The molecular formula is C24H20N4O4S2. The monoisotopic (exact) mass is 492 g/mol. The summed E-state index contributed by atoms with van der Waals surface area (Å²) in [7, 11) is -7.35. The van der Waals surface area contributed by atoms with Gasteiger partial charge in [0.2, 0.25) is 19.7 Å². The normalized spacial score (nSPS) is 12.1. The van der Waals surface area contributed by atoms with Crippen LogP contribution in [0.2, 0.25) is 0 Å². The zero-order valence-electron chi connectivity index (χ0n) is 17.7.